The van der Waals surface area contributed by atoms with Crippen molar-refractivity contribution in [3.05, 3.63) is 70.7 Å². The molecule has 4 aromatic rings. The van der Waals surface area contributed by atoms with Crippen LogP contribution in [0.4, 0.5) is 5.69 Å². The summed E-state index contributed by atoms with van der Waals surface area (Å²) in [6.07, 6.45) is 0. The molecule has 0 spiro atoms. The minimum atomic E-state index is -0.316. The predicted molar refractivity (Wildman–Crippen MR) is 116 cm³/mol. The van der Waals surface area contributed by atoms with Crippen LogP contribution in [0, 0.1) is 0 Å². The van der Waals surface area contributed by atoms with E-state index in [4.69, 9.17) is 32.7 Å². The smallest absolute Gasteiger partial charge is 0.262 e. The van der Waals surface area contributed by atoms with Crippen LogP contribution in [-0.4, -0.2) is 34.6 Å². The van der Waals surface area contributed by atoms with Gasteiger partial charge in [0.05, 0.1) is 22.8 Å². The third-order valence-electron chi connectivity index (χ3n) is 4.23. The lowest BCUT2D eigenvalue weighted by atomic mass is 10.3. The third-order valence-corrected chi connectivity index (χ3v) is 4.83. The standard InChI is InChI=1S/C21H16Cl2N4O3/c1-29-19-9-7-14(11-16(19)23)27-25-17-8-6-13(10-18(17)26-27)24-21(28)12-30-20-5-3-2-4-15(20)22/h2-11H,12H2,1H3,(H,24,28). The topological polar surface area (TPSA) is 78.3 Å². The first kappa shape index (κ1) is 20.0. The number of carbonyl (C=O) groups is 1. The van der Waals surface area contributed by atoms with Gasteiger partial charge in [0, 0.05) is 5.69 Å². The molecule has 4 rings (SSSR count). The number of methoxy groups -OCH3 is 1. The summed E-state index contributed by atoms with van der Waals surface area (Å²) < 4.78 is 10.6. The number of hydrogen-bond donors (Lipinski definition) is 1. The number of hydrogen-bond acceptors (Lipinski definition) is 5. The molecule has 9 heteroatoms. The zero-order valence-electron chi connectivity index (χ0n) is 15.8. The minimum Gasteiger partial charge on any atom is -0.495 e. The van der Waals surface area contributed by atoms with Crippen LogP contribution in [0.25, 0.3) is 16.7 Å². The Hall–Kier alpha value is -3.29. The van der Waals surface area contributed by atoms with Crippen molar-refractivity contribution in [1.82, 2.24) is 15.0 Å². The van der Waals surface area contributed by atoms with Gasteiger partial charge < -0.3 is 14.8 Å². The fraction of sp³-hybridized carbons (Fsp3) is 0.0952. The normalized spacial score (nSPS) is 10.8. The summed E-state index contributed by atoms with van der Waals surface area (Å²) in [5.74, 6) is 0.704. The number of para-hydroxylation sites is 1. The van der Waals surface area contributed by atoms with E-state index in [0.29, 0.717) is 44.0 Å². The van der Waals surface area contributed by atoms with Crippen molar-refractivity contribution in [2.75, 3.05) is 19.0 Å². The molecule has 0 aliphatic carbocycles. The fourth-order valence-corrected chi connectivity index (χ4v) is 3.23. The first-order valence-electron chi connectivity index (χ1n) is 8.92. The first-order chi connectivity index (χ1) is 14.5. The number of nitrogens with one attached hydrogen (secondary N) is 1. The molecule has 0 atom stereocenters. The van der Waals surface area contributed by atoms with Crippen molar-refractivity contribution >= 4 is 45.8 Å². The van der Waals surface area contributed by atoms with Crippen LogP contribution >= 0.6 is 23.2 Å². The summed E-state index contributed by atoms with van der Waals surface area (Å²) in [5, 5.41) is 12.6. The maximum atomic E-state index is 12.2. The zero-order valence-corrected chi connectivity index (χ0v) is 17.3. The number of fused-ring (bicyclic) bond motifs is 1. The van der Waals surface area contributed by atoms with Crippen molar-refractivity contribution < 1.29 is 14.3 Å². The number of ether oxygens (including phenoxy) is 2. The van der Waals surface area contributed by atoms with E-state index in [1.165, 1.54) is 4.80 Å². The van der Waals surface area contributed by atoms with E-state index < -0.39 is 0 Å². The van der Waals surface area contributed by atoms with Gasteiger partial charge in [0.1, 0.15) is 22.5 Å². The molecule has 0 radical (unpaired) electrons. The van der Waals surface area contributed by atoms with Gasteiger partial charge in [-0.2, -0.15) is 4.80 Å². The number of amides is 1. The Labute approximate surface area is 182 Å². The summed E-state index contributed by atoms with van der Waals surface area (Å²) in [4.78, 5) is 13.7. The van der Waals surface area contributed by atoms with Crippen molar-refractivity contribution in [3.63, 3.8) is 0 Å². The molecular formula is C21H16Cl2N4O3. The van der Waals surface area contributed by atoms with Crippen molar-refractivity contribution in [2.45, 2.75) is 0 Å². The van der Waals surface area contributed by atoms with Crippen molar-refractivity contribution in [3.8, 4) is 17.2 Å². The molecule has 0 saturated heterocycles. The van der Waals surface area contributed by atoms with Crippen LogP contribution in [0.3, 0.4) is 0 Å². The van der Waals surface area contributed by atoms with Crippen LogP contribution in [0.5, 0.6) is 11.5 Å². The molecular weight excluding hydrogens is 427 g/mol. The molecule has 0 unspecified atom stereocenters. The highest BCUT2D eigenvalue weighted by molar-refractivity contribution is 6.32. The molecule has 1 aromatic heterocycles. The molecule has 1 N–H and O–H groups in total. The molecule has 0 bridgehead atoms. The Kier molecular flexibility index (Phi) is 5.74. The summed E-state index contributed by atoms with van der Waals surface area (Å²) >= 11 is 12.2. The maximum absolute atomic E-state index is 12.2. The quantitative estimate of drug-likeness (QED) is 0.465. The lowest BCUT2D eigenvalue weighted by Gasteiger charge is -2.08. The zero-order chi connectivity index (χ0) is 21.1. The summed E-state index contributed by atoms with van der Waals surface area (Å²) in [6, 6.07) is 17.5. The van der Waals surface area contributed by atoms with Crippen LogP contribution in [-0.2, 0) is 4.79 Å². The van der Waals surface area contributed by atoms with Crippen molar-refractivity contribution in [1.29, 1.82) is 0 Å². The molecule has 0 saturated carbocycles. The molecule has 1 amide bonds. The number of aromatic nitrogens is 3. The number of halogens is 2. The summed E-state index contributed by atoms with van der Waals surface area (Å²) in [6.45, 7) is -0.168. The average Bonchev–Trinajstić information content (AvgIpc) is 3.16. The molecule has 7 nitrogen and oxygen atoms in total. The Morgan fingerprint density at radius 2 is 1.77 bits per heavy atom. The van der Waals surface area contributed by atoms with Gasteiger partial charge in [-0.25, -0.2) is 0 Å². The Bertz CT molecular complexity index is 1230. The summed E-state index contributed by atoms with van der Waals surface area (Å²) in [7, 11) is 1.55. The van der Waals surface area contributed by atoms with E-state index in [-0.39, 0.29) is 12.5 Å². The number of anilines is 1. The van der Waals surface area contributed by atoms with Gasteiger partial charge in [0.2, 0.25) is 0 Å². The van der Waals surface area contributed by atoms with Gasteiger partial charge in [-0.1, -0.05) is 35.3 Å². The van der Waals surface area contributed by atoms with E-state index in [1.54, 1.807) is 67.8 Å². The van der Waals surface area contributed by atoms with Gasteiger partial charge in [0.25, 0.3) is 5.91 Å². The second kappa shape index (κ2) is 8.61. The van der Waals surface area contributed by atoms with Crippen molar-refractivity contribution in [2.24, 2.45) is 0 Å². The predicted octanol–water partition coefficient (Wildman–Crippen LogP) is 4.75. The fourth-order valence-electron chi connectivity index (χ4n) is 2.79. The molecule has 3 aromatic carbocycles. The van der Waals surface area contributed by atoms with Gasteiger partial charge in [-0.3, -0.25) is 4.79 Å². The van der Waals surface area contributed by atoms with Gasteiger partial charge in [0.15, 0.2) is 6.61 Å². The molecule has 0 fully saturated rings. The first-order valence-corrected chi connectivity index (χ1v) is 9.67. The van der Waals surface area contributed by atoms with E-state index in [9.17, 15) is 4.79 Å². The van der Waals surface area contributed by atoms with Crippen LogP contribution in [0.15, 0.2) is 60.7 Å². The summed E-state index contributed by atoms with van der Waals surface area (Å²) in [5.41, 5.74) is 2.56. The van der Waals surface area contributed by atoms with Crippen LogP contribution in [0.2, 0.25) is 10.0 Å². The van der Waals surface area contributed by atoms with E-state index in [1.807, 2.05) is 0 Å². The molecule has 1 heterocycles. The minimum absolute atomic E-state index is 0.168. The maximum Gasteiger partial charge on any atom is 0.262 e. The Morgan fingerprint density at radius 1 is 0.967 bits per heavy atom. The molecule has 0 aliphatic rings. The Morgan fingerprint density at radius 3 is 2.53 bits per heavy atom. The third kappa shape index (κ3) is 4.32. The second-order valence-electron chi connectivity index (χ2n) is 6.28. The Balaban J connectivity index is 1.47. The number of benzene rings is 3. The lowest BCUT2D eigenvalue weighted by Crippen LogP contribution is -2.20. The number of carbonyl (C=O) groups excluding carboxylic acids is 1. The monoisotopic (exact) mass is 442 g/mol. The highest BCUT2D eigenvalue weighted by atomic mass is 35.5. The van der Waals surface area contributed by atoms with Crippen LogP contribution < -0.4 is 14.8 Å². The molecule has 152 valence electrons. The highest BCUT2D eigenvalue weighted by Crippen LogP contribution is 2.27. The second-order valence-corrected chi connectivity index (χ2v) is 7.09. The van der Waals surface area contributed by atoms with Gasteiger partial charge in [-0.05, 0) is 48.5 Å². The van der Waals surface area contributed by atoms with E-state index in [2.05, 4.69) is 15.5 Å². The van der Waals surface area contributed by atoms with Gasteiger partial charge in [-0.15, -0.1) is 10.2 Å². The van der Waals surface area contributed by atoms with E-state index >= 15 is 0 Å². The SMILES string of the molecule is COc1ccc(-n2nc3ccc(NC(=O)COc4ccccc4Cl)cc3n2)cc1Cl. The number of rotatable bonds is 6. The highest BCUT2D eigenvalue weighted by Gasteiger charge is 2.10. The largest absolute Gasteiger partial charge is 0.495 e. The average molecular weight is 443 g/mol. The molecule has 30 heavy (non-hydrogen) atoms. The van der Waals surface area contributed by atoms with Gasteiger partial charge >= 0.3 is 0 Å². The van der Waals surface area contributed by atoms with Crippen LogP contribution in [0.1, 0.15) is 0 Å². The number of nitrogens with zero attached hydrogens (tertiary/aromatic N) is 3. The van der Waals surface area contributed by atoms with E-state index in [0.717, 1.165) is 0 Å². The lowest BCUT2D eigenvalue weighted by molar-refractivity contribution is -0.118. The molecule has 0 aliphatic heterocycles.